The predicted molar refractivity (Wildman–Crippen MR) is 86.9 cm³/mol. The average Bonchev–Trinajstić information content (AvgIpc) is 2.56. The third-order valence-corrected chi connectivity index (χ3v) is 3.53. The molecular formula is C18H21FN2O2. The van der Waals surface area contributed by atoms with E-state index in [1.165, 1.54) is 13.2 Å². The molecular weight excluding hydrogens is 295 g/mol. The van der Waals surface area contributed by atoms with Crippen LogP contribution in [-0.4, -0.2) is 13.0 Å². The predicted octanol–water partition coefficient (Wildman–Crippen LogP) is 2.68. The SMILES string of the molecule is COCc1cc(CNC(=O)CC(N)c2ccccc2)ccc1F. The molecule has 0 aliphatic carbocycles. The zero-order valence-electron chi connectivity index (χ0n) is 13.1. The number of rotatable bonds is 7. The number of ether oxygens (including phenoxy) is 1. The Morgan fingerprint density at radius 2 is 2.00 bits per heavy atom. The summed E-state index contributed by atoms with van der Waals surface area (Å²) in [5, 5.41) is 2.81. The van der Waals surface area contributed by atoms with Gasteiger partial charge in [-0.1, -0.05) is 36.4 Å². The molecule has 23 heavy (non-hydrogen) atoms. The van der Waals surface area contributed by atoms with Gasteiger partial charge in [-0.25, -0.2) is 4.39 Å². The van der Waals surface area contributed by atoms with E-state index < -0.39 is 0 Å². The van der Waals surface area contributed by atoms with Crippen molar-refractivity contribution in [3.63, 3.8) is 0 Å². The van der Waals surface area contributed by atoms with Crippen LogP contribution in [0.4, 0.5) is 4.39 Å². The lowest BCUT2D eigenvalue weighted by atomic mass is 10.0. The Bertz CT molecular complexity index is 647. The molecule has 0 heterocycles. The number of hydrogen-bond donors (Lipinski definition) is 2. The van der Waals surface area contributed by atoms with Gasteiger partial charge in [-0.05, 0) is 23.3 Å². The first-order valence-electron chi connectivity index (χ1n) is 7.43. The summed E-state index contributed by atoms with van der Waals surface area (Å²) in [6, 6.07) is 13.9. The van der Waals surface area contributed by atoms with Gasteiger partial charge >= 0.3 is 0 Å². The van der Waals surface area contributed by atoms with E-state index in [0.717, 1.165) is 11.1 Å². The van der Waals surface area contributed by atoms with Crippen LogP contribution < -0.4 is 11.1 Å². The van der Waals surface area contributed by atoms with Crippen LogP contribution in [0.3, 0.4) is 0 Å². The third kappa shape index (κ3) is 5.16. The van der Waals surface area contributed by atoms with Gasteiger partial charge in [0.2, 0.25) is 5.91 Å². The fraction of sp³-hybridized carbons (Fsp3) is 0.278. The number of nitrogens with one attached hydrogen (secondary N) is 1. The van der Waals surface area contributed by atoms with Crippen molar-refractivity contribution in [3.8, 4) is 0 Å². The number of methoxy groups -OCH3 is 1. The Balaban J connectivity index is 1.88. The molecule has 1 unspecified atom stereocenters. The molecule has 2 aromatic carbocycles. The number of carbonyl (C=O) groups excluding carboxylic acids is 1. The van der Waals surface area contributed by atoms with Gasteiger partial charge in [0.15, 0.2) is 0 Å². The van der Waals surface area contributed by atoms with Crippen molar-refractivity contribution in [2.24, 2.45) is 5.73 Å². The van der Waals surface area contributed by atoms with E-state index in [1.807, 2.05) is 30.3 Å². The summed E-state index contributed by atoms with van der Waals surface area (Å²) in [6.45, 7) is 0.532. The smallest absolute Gasteiger partial charge is 0.222 e. The van der Waals surface area contributed by atoms with Gasteiger partial charge in [-0.2, -0.15) is 0 Å². The molecule has 0 saturated carbocycles. The average molecular weight is 316 g/mol. The summed E-state index contributed by atoms with van der Waals surface area (Å²) >= 11 is 0. The lowest BCUT2D eigenvalue weighted by Crippen LogP contribution is -2.27. The third-order valence-electron chi connectivity index (χ3n) is 3.53. The van der Waals surface area contributed by atoms with E-state index >= 15 is 0 Å². The van der Waals surface area contributed by atoms with E-state index in [2.05, 4.69) is 5.32 Å². The van der Waals surface area contributed by atoms with Crippen LogP contribution in [0.15, 0.2) is 48.5 Å². The fourth-order valence-electron chi connectivity index (χ4n) is 2.29. The van der Waals surface area contributed by atoms with Crippen LogP contribution in [0.1, 0.15) is 29.2 Å². The molecule has 2 rings (SSSR count). The van der Waals surface area contributed by atoms with E-state index in [0.29, 0.717) is 12.1 Å². The topological polar surface area (TPSA) is 64.3 Å². The normalized spacial score (nSPS) is 12.0. The standard InChI is InChI=1S/C18H21FN2O2/c1-23-12-15-9-13(7-8-16(15)19)11-21-18(22)10-17(20)14-5-3-2-4-6-14/h2-9,17H,10-12,20H2,1H3,(H,21,22). The first-order valence-corrected chi connectivity index (χ1v) is 7.43. The minimum absolute atomic E-state index is 0.140. The molecule has 3 N–H and O–H groups in total. The van der Waals surface area contributed by atoms with Crippen LogP contribution in [0, 0.1) is 5.82 Å². The van der Waals surface area contributed by atoms with Crippen LogP contribution in [-0.2, 0) is 22.7 Å². The lowest BCUT2D eigenvalue weighted by Gasteiger charge is -2.12. The van der Waals surface area contributed by atoms with Gasteiger partial charge in [0, 0.05) is 31.7 Å². The van der Waals surface area contributed by atoms with Crippen molar-refractivity contribution in [1.82, 2.24) is 5.32 Å². The zero-order chi connectivity index (χ0) is 16.7. The Morgan fingerprint density at radius 3 is 2.70 bits per heavy atom. The Hall–Kier alpha value is -2.24. The molecule has 5 heteroatoms. The fourth-order valence-corrected chi connectivity index (χ4v) is 2.29. The minimum atomic E-state index is -0.339. The molecule has 4 nitrogen and oxygen atoms in total. The van der Waals surface area contributed by atoms with Crippen molar-refractivity contribution in [3.05, 3.63) is 71.0 Å². The maximum absolute atomic E-state index is 13.5. The monoisotopic (exact) mass is 316 g/mol. The molecule has 0 saturated heterocycles. The zero-order valence-corrected chi connectivity index (χ0v) is 13.1. The molecule has 122 valence electrons. The maximum Gasteiger partial charge on any atom is 0.222 e. The van der Waals surface area contributed by atoms with Crippen molar-refractivity contribution >= 4 is 5.91 Å². The summed E-state index contributed by atoms with van der Waals surface area (Å²) < 4.78 is 18.5. The van der Waals surface area contributed by atoms with Crippen molar-refractivity contribution in [2.75, 3.05) is 7.11 Å². The molecule has 1 amide bonds. The summed E-state index contributed by atoms with van der Waals surface area (Å²) in [7, 11) is 1.51. The highest BCUT2D eigenvalue weighted by Gasteiger charge is 2.11. The number of carbonyl (C=O) groups is 1. The van der Waals surface area contributed by atoms with E-state index in [9.17, 15) is 9.18 Å². The van der Waals surface area contributed by atoms with E-state index in [4.69, 9.17) is 10.5 Å². The number of halogens is 1. The van der Waals surface area contributed by atoms with Crippen molar-refractivity contribution in [1.29, 1.82) is 0 Å². The molecule has 0 spiro atoms. The number of hydrogen-bond acceptors (Lipinski definition) is 3. The highest BCUT2D eigenvalue weighted by molar-refractivity contribution is 5.76. The summed E-state index contributed by atoms with van der Waals surface area (Å²) in [5.74, 6) is -0.452. The number of benzene rings is 2. The Labute approximate surface area is 135 Å². The van der Waals surface area contributed by atoms with Crippen molar-refractivity contribution in [2.45, 2.75) is 25.6 Å². The largest absolute Gasteiger partial charge is 0.380 e. The second kappa shape index (κ2) is 8.41. The van der Waals surface area contributed by atoms with Gasteiger partial charge in [0.25, 0.3) is 0 Å². The van der Waals surface area contributed by atoms with Crippen LogP contribution in [0.5, 0.6) is 0 Å². The van der Waals surface area contributed by atoms with Gasteiger partial charge in [0.1, 0.15) is 5.82 Å². The van der Waals surface area contributed by atoms with Crippen LogP contribution in [0.2, 0.25) is 0 Å². The minimum Gasteiger partial charge on any atom is -0.380 e. The van der Waals surface area contributed by atoms with E-state index in [1.54, 1.807) is 12.1 Å². The molecule has 0 radical (unpaired) electrons. The summed E-state index contributed by atoms with van der Waals surface area (Å²) in [6.07, 6.45) is 0.205. The Morgan fingerprint density at radius 1 is 1.26 bits per heavy atom. The highest BCUT2D eigenvalue weighted by Crippen LogP contribution is 2.14. The highest BCUT2D eigenvalue weighted by atomic mass is 19.1. The second-order valence-electron chi connectivity index (χ2n) is 5.36. The van der Waals surface area contributed by atoms with Gasteiger partial charge in [0.05, 0.1) is 6.61 Å². The second-order valence-corrected chi connectivity index (χ2v) is 5.36. The summed E-state index contributed by atoms with van der Waals surface area (Å²) in [4.78, 5) is 12.0. The molecule has 1 atom stereocenters. The van der Waals surface area contributed by atoms with Crippen LogP contribution in [0.25, 0.3) is 0 Å². The first-order chi connectivity index (χ1) is 11.1. The van der Waals surface area contributed by atoms with E-state index in [-0.39, 0.29) is 30.8 Å². The summed E-state index contributed by atoms with van der Waals surface area (Å²) in [5.41, 5.74) is 8.24. The molecule has 0 aromatic heterocycles. The maximum atomic E-state index is 13.5. The lowest BCUT2D eigenvalue weighted by molar-refractivity contribution is -0.121. The molecule has 2 aromatic rings. The van der Waals surface area contributed by atoms with Crippen molar-refractivity contribution < 1.29 is 13.9 Å². The molecule has 0 bridgehead atoms. The number of nitrogens with two attached hydrogens (primary N) is 1. The molecule has 0 aliphatic rings. The first kappa shape index (κ1) is 17.1. The Kier molecular flexibility index (Phi) is 6.26. The van der Waals surface area contributed by atoms with Gasteiger partial charge < -0.3 is 15.8 Å². The quantitative estimate of drug-likeness (QED) is 0.825. The van der Waals surface area contributed by atoms with Gasteiger partial charge in [-0.3, -0.25) is 4.79 Å². The number of amides is 1. The molecule has 0 aliphatic heterocycles. The van der Waals surface area contributed by atoms with Gasteiger partial charge in [-0.15, -0.1) is 0 Å². The molecule has 0 fully saturated rings. The van der Waals surface area contributed by atoms with Crippen LogP contribution >= 0.6 is 0 Å².